The molecule has 4 nitrogen and oxygen atoms in total. The van der Waals surface area contributed by atoms with E-state index in [-0.39, 0.29) is 12.0 Å². The molecule has 0 heterocycles. The standard InChI is InChI=1S/C20H21NO3/c1-15(2)23-18-10-12-20(13-11-18)24-19-8-6-17(7-9-19)5-4-14-21-16(3)22/h6-13,15H,14H2,1-3H3,(H,21,22). The van der Waals surface area contributed by atoms with Crippen LogP contribution in [0, 0.1) is 11.8 Å². The number of nitrogens with one attached hydrogen (secondary N) is 1. The van der Waals surface area contributed by atoms with E-state index in [0.717, 1.165) is 22.8 Å². The molecule has 0 aromatic heterocycles. The molecule has 24 heavy (non-hydrogen) atoms. The number of hydrogen-bond donors (Lipinski definition) is 1. The minimum atomic E-state index is -0.0853. The summed E-state index contributed by atoms with van der Waals surface area (Å²) in [5, 5.41) is 2.63. The van der Waals surface area contributed by atoms with E-state index in [1.165, 1.54) is 6.92 Å². The normalized spacial score (nSPS) is 9.83. The summed E-state index contributed by atoms with van der Waals surface area (Å²) >= 11 is 0. The molecule has 1 amide bonds. The lowest BCUT2D eigenvalue weighted by Crippen LogP contribution is -2.19. The van der Waals surface area contributed by atoms with E-state index in [2.05, 4.69) is 17.2 Å². The van der Waals surface area contributed by atoms with Crippen molar-refractivity contribution in [3.63, 3.8) is 0 Å². The molecule has 4 heteroatoms. The Balaban J connectivity index is 1.92. The summed E-state index contributed by atoms with van der Waals surface area (Å²) in [6, 6.07) is 15.0. The van der Waals surface area contributed by atoms with Crippen molar-refractivity contribution in [3.8, 4) is 29.1 Å². The smallest absolute Gasteiger partial charge is 0.217 e. The predicted molar refractivity (Wildman–Crippen MR) is 94.3 cm³/mol. The molecule has 0 aliphatic heterocycles. The van der Waals surface area contributed by atoms with Crippen molar-refractivity contribution in [2.75, 3.05) is 6.54 Å². The summed E-state index contributed by atoms with van der Waals surface area (Å²) in [7, 11) is 0. The Labute approximate surface area is 142 Å². The average Bonchev–Trinajstić information content (AvgIpc) is 2.54. The summed E-state index contributed by atoms with van der Waals surface area (Å²) in [4.78, 5) is 10.7. The van der Waals surface area contributed by atoms with Crippen LogP contribution < -0.4 is 14.8 Å². The molecular weight excluding hydrogens is 302 g/mol. The van der Waals surface area contributed by atoms with Gasteiger partial charge in [-0.05, 0) is 62.4 Å². The van der Waals surface area contributed by atoms with E-state index >= 15 is 0 Å². The van der Waals surface area contributed by atoms with Gasteiger partial charge in [0.1, 0.15) is 17.2 Å². The van der Waals surface area contributed by atoms with Crippen molar-refractivity contribution in [3.05, 3.63) is 54.1 Å². The van der Waals surface area contributed by atoms with Crippen molar-refractivity contribution in [1.29, 1.82) is 0 Å². The minimum absolute atomic E-state index is 0.0853. The van der Waals surface area contributed by atoms with E-state index in [1.807, 2.05) is 62.4 Å². The van der Waals surface area contributed by atoms with Gasteiger partial charge < -0.3 is 14.8 Å². The van der Waals surface area contributed by atoms with Gasteiger partial charge >= 0.3 is 0 Å². The molecule has 2 aromatic carbocycles. The topological polar surface area (TPSA) is 47.6 Å². The Hall–Kier alpha value is -2.93. The van der Waals surface area contributed by atoms with Gasteiger partial charge in [-0.1, -0.05) is 11.8 Å². The fourth-order valence-electron chi connectivity index (χ4n) is 1.92. The van der Waals surface area contributed by atoms with Gasteiger partial charge in [-0.2, -0.15) is 0 Å². The Morgan fingerprint density at radius 2 is 1.54 bits per heavy atom. The van der Waals surface area contributed by atoms with Gasteiger partial charge in [-0.25, -0.2) is 0 Å². The van der Waals surface area contributed by atoms with E-state index in [0.29, 0.717) is 6.54 Å². The molecule has 0 fully saturated rings. The Morgan fingerprint density at radius 1 is 1.00 bits per heavy atom. The Morgan fingerprint density at radius 3 is 2.08 bits per heavy atom. The zero-order valence-corrected chi connectivity index (χ0v) is 14.1. The van der Waals surface area contributed by atoms with Gasteiger partial charge in [0, 0.05) is 12.5 Å². The van der Waals surface area contributed by atoms with Crippen LogP contribution in [-0.2, 0) is 4.79 Å². The molecule has 0 atom stereocenters. The molecule has 0 unspecified atom stereocenters. The Bertz CT molecular complexity index is 722. The Kier molecular flexibility index (Phi) is 6.27. The van der Waals surface area contributed by atoms with Crippen LogP contribution in [0.15, 0.2) is 48.5 Å². The number of benzene rings is 2. The summed E-state index contributed by atoms with van der Waals surface area (Å²) < 4.78 is 11.4. The molecule has 0 aliphatic rings. The highest BCUT2D eigenvalue weighted by Gasteiger charge is 2.00. The first-order valence-corrected chi connectivity index (χ1v) is 7.81. The minimum Gasteiger partial charge on any atom is -0.491 e. The molecule has 0 radical (unpaired) electrons. The van der Waals surface area contributed by atoms with Crippen molar-refractivity contribution in [2.24, 2.45) is 0 Å². The fraction of sp³-hybridized carbons (Fsp3) is 0.250. The average molecular weight is 323 g/mol. The van der Waals surface area contributed by atoms with Crippen molar-refractivity contribution >= 4 is 5.91 Å². The molecule has 1 N–H and O–H groups in total. The van der Waals surface area contributed by atoms with Gasteiger partial charge in [-0.15, -0.1) is 0 Å². The first kappa shape index (κ1) is 17.4. The largest absolute Gasteiger partial charge is 0.491 e. The first-order chi connectivity index (χ1) is 11.5. The lowest BCUT2D eigenvalue weighted by atomic mass is 10.2. The van der Waals surface area contributed by atoms with Crippen LogP contribution >= 0.6 is 0 Å². The third-order valence-corrected chi connectivity index (χ3v) is 2.94. The SMILES string of the molecule is CC(=O)NCC#Cc1ccc(Oc2ccc(OC(C)C)cc2)cc1. The van der Waals surface area contributed by atoms with Crippen LogP contribution in [0.1, 0.15) is 26.3 Å². The second-order valence-corrected chi connectivity index (χ2v) is 5.48. The maximum Gasteiger partial charge on any atom is 0.217 e. The number of carbonyl (C=O) groups excluding carboxylic acids is 1. The van der Waals surface area contributed by atoms with Gasteiger partial charge in [0.25, 0.3) is 0 Å². The number of rotatable bonds is 5. The molecule has 124 valence electrons. The highest BCUT2D eigenvalue weighted by molar-refractivity contribution is 5.73. The molecule has 0 bridgehead atoms. The highest BCUT2D eigenvalue weighted by atomic mass is 16.5. The zero-order valence-electron chi connectivity index (χ0n) is 14.1. The van der Waals surface area contributed by atoms with E-state index in [4.69, 9.17) is 9.47 Å². The lowest BCUT2D eigenvalue weighted by molar-refractivity contribution is -0.118. The van der Waals surface area contributed by atoms with E-state index in [1.54, 1.807) is 0 Å². The zero-order chi connectivity index (χ0) is 17.4. The van der Waals surface area contributed by atoms with Gasteiger partial charge in [-0.3, -0.25) is 4.79 Å². The van der Waals surface area contributed by atoms with Crippen LogP contribution in [0.25, 0.3) is 0 Å². The van der Waals surface area contributed by atoms with Gasteiger partial charge in [0.2, 0.25) is 5.91 Å². The van der Waals surface area contributed by atoms with E-state index < -0.39 is 0 Å². The van der Waals surface area contributed by atoms with Gasteiger partial charge in [0.15, 0.2) is 0 Å². The maximum atomic E-state index is 10.7. The lowest BCUT2D eigenvalue weighted by Gasteiger charge is -2.10. The molecule has 0 saturated heterocycles. The van der Waals surface area contributed by atoms with Crippen LogP contribution in [0.2, 0.25) is 0 Å². The van der Waals surface area contributed by atoms with Crippen molar-refractivity contribution in [1.82, 2.24) is 5.32 Å². The molecule has 0 spiro atoms. The third kappa shape index (κ3) is 6.05. The van der Waals surface area contributed by atoms with Crippen LogP contribution in [0.5, 0.6) is 17.2 Å². The molecule has 0 saturated carbocycles. The van der Waals surface area contributed by atoms with Crippen LogP contribution in [-0.4, -0.2) is 18.6 Å². The number of carbonyl (C=O) groups is 1. The molecule has 0 aliphatic carbocycles. The quantitative estimate of drug-likeness (QED) is 0.853. The number of amides is 1. The summed E-state index contributed by atoms with van der Waals surface area (Å²) in [6.45, 7) is 5.80. The van der Waals surface area contributed by atoms with E-state index in [9.17, 15) is 4.79 Å². The van der Waals surface area contributed by atoms with Crippen molar-refractivity contribution in [2.45, 2.75) is 26.9 Å². The fourth-order valence-corrected chi connectivity index (χ4v) is 1.92. The number of hydrogen-bond acceptors (Lipinski definition) is 3. The number of ether oxygens (including phenoxy) is 2. The summed E-state index contributed by atoms with van der Waals surface area (Å²) in [5.74, 6) is 8.09. The maximum absolute atomic E-state index is 10.7. The van der Waals surface area contributed by atoms with Gasteiger partial charge in [0.05, 0.1) is 12.6 Å². The molecule has 2 rings (SSSR count). The molecule has 2 aromatic rings. The summed E-state index contributed by atoms with van der Waals surface area (Å²) in [6.07, 6.45) is 0.149. The van der Waals surface area contributed by atoms with Crippen LogP contribution in [0.4, 0.5) is 0 Å². The highest BCUT2D eigenvalue weighted by Crippen LogP contribution is 2.24. The van der Waals surface area contributed by atoms with Crippen LogP contribution in [0.3, 0.4) is 0 Å². The molecular formula is C20H21NO3. The second kappa shape index (κ2) is 8.64. The van der Waals surface area contributed by atoms with Crippen molar-refractivity contribution < 1.29 is 14.3 Å². The third-order valence-electron chi connectivity index (χ3n) is 2.94. The summed E-state index contributed by atoms with van der Waals surface area (Å²) in [5.41, 5.74) is 0.869. The first-order valence-electron chi connectivity index (χ1n) is 7.81. The second-order valence-electron chi connectivity index (χ2n) is 5.48. The monoisotopic (exact) mass is 323 g/mol. The predicted octanol–water partition coefficient (Wildman–Crippen LogP) is 3.75.